The Hall–Kier alpha value is -5.20. The van der Waals surface area contributed by atoms with Crippen molar-refractivity contribution in [2.24, 2.45) is 10.9 Å². The molecule has 2 atom stereocenters. The van der Waals surface area contributed by atoms with Crippen molar-refractivity contribution in [2.75, 3.05) is 25.4 Å². The van der Waals surface area contributed by atoms with E-state index in [0.29, 0.717) is 42.8 Å². The van der Waals surface area contributed by atoms with Crippen molar-refractivity contribution in [3.63, 3.8) is 0 Å². The first-order chi connectivity index (χ1) is 22.1. The van der Waals surface area contributed by atoms with Crippen LogP contribution in [0.3, 0.4) is 0 Å². The standard InChI is InChI=1S/C33H25F6N5O2/c34-22-4-2-1-3-17(22)5-8-26(45)44-12-10-18(15-44)20-9-11-41-31(27-30(20)42-16-43-33(27)40)21-7-6-19(13-23(21)35)46-32-28(38)24(36)14-25(37)29(32)39/h1-8,13-14,16,18,20H,9-12,15H2,(H2,40,42,43)/b8-5+/t18-,20?/m1/s1. The highest BCUT2D eigenvalue weighted by Gasteiger charge is 2.37. The predicted octanol–water partition coefficient (Wildman–Crippen LogP) is 6.57. The Labute approximate surface area is 259 Å². The molecule has 13 heteroatoms. The summed E-state index contributed by atoms with van der Waals surface area (Å²) in [5.74, 6) is -10.5. The van der Waals surface area contributed by atoms with Crippen molar-refractivity contribution in [1.29, 1.82) is 0 Å². The number of amides is 1. The first kappa shape index (κ1) is 30.8. The molecule has 2 N–H and O–H groups in total. The quantitative estimate of drug-likeness (QED) is 0.147. The number of fused-ring (bicyclic) bond motifs is 1. The van der Waals surface area contributed by atoms with Gasteiger partial charge in [0.1, 0.15) is 29.5 Å². The van der Waals surface area contributed by atoms with Gasteiger partial charge in [-0.3, -0.25) is 9.79 Å². The highest BCUT2D eigenvalue weighted by Crippen LogP contribution is 2.39. The number of hydrogen-bond acceptors (Lipinski definition) is 6. The molecule has 3 heterocycles. The molecule has 7 nitrogen and oxygen atoms in total. The van der Waals surface area contributed by atoms with Crippen LogP contribution >= 0.6 is 0 Å². The molecule has 0 spiro atoms. The number of nitrogens with zero attached hydrogens (tertiary/aromatic N) is 4. The number of rotatable bonds is 6. The van der Waals surface area contributed by atoms with E-state index in [4.69, 9.17) is 10.5 Å². The maximum atomic E-state index is 15.6. The van der Waals surface area contributed by atoms with E-state index in [-0.39, 0.29) is 47.4 Å². The number of halogens is 6. The van der Waals surface area contributed by atoms with Crippen molar-refractivity contribution >= 4 is 23.5 Å². The van der Waals surface area contributed by atoms with E-state index in [2.05, 4.69) is 15.0 Å². The molecule has 6 rings (SSSR count). The van der Waals surface area contributed by atoms with Crippen LogP contribution in [-0.4, -0.2) is 46.1 Å². The summed E-state index contributed by atoms with van der Waals surface area (Å²) in [6, 6.07) is 9.38. The van der Waals surface area contributed by atoms with Gasteiger partial charge in [0.25, 0.3) is 0 Å². The van der Waals surface area contributed by atoms with Crippen molar-refractivity contribution < 1.29 is 35.9 Å². The Balaban J connectivity index is 1.24. The van der Waals surface area contributed by atoms with Crippen LogP contribution in [0, 0.1) is 40.8 Å². The number of carbonyl (C=O) groups excluding carboxylic acids is 1. The number of aromatic nitrogens is 2. The van der Waals surface area contributed by atoms with E-state index in [9.17, 15) is 26.7 Å². The van der Waals surface area contributed by atoms with Crippen LogP contribution in [-0.2, 0) is 4.79 Å². The number of likely N-dealkylation sites (tertiary alicyclic amines) is 1. The molecule has 1 amide bonds. The van der Waals surface area contributed by atoms with Gasteiger partial charge in [0.2, 0.25) is 23.3 Å². The van der Waals surface area contributed by atoms with Crippen LogP contribution in [0.1, 0.15) is 41.1 Å². The third kappa shape index (κ3) is 5.92. The molecule has 2 aliphatic rings. The van der Waals surface area contributed by atoms with Gasteiger partial charge in [0.05, 0.1) is 17.0 Å². The third-order valence-corrected chi connectivity index (χ3v) is 8.11. The maximum absolute atomic E-state index is 15.6. The number of anilines is 1. The van der Waals surface area contributed by atoms with Crippen LogP contribution in [0.25, 0.3) is 6.08 Å². The molecule has 4 aromatic rings. The number of hydrogen-bond donors (Lipinski definition) is 1. The van der Waals surface area contributed by atoms with Crippen LogP contribution in [0.5, 0.6) is 11.5 Å². The fourth-order valence-corrected chi connectivity index (χ4v) is 5.85. The fourth-order valence-electron chi connectivity index (χ4n) is 5.85. The molecule has 0 bridgehead atoms. The summed E-state index contributed by atoms with van der Waals surface area (Å²) < 4.78 is 90.1. The molecule has 3 aromatic carbocycles. The lowest BCUT2D eigenvalue weighted by atomic mass is 9.83. The summed E-state index contributed by atoms with van der Waals surface area (Å²) in [6.07, 6.45) is 5.24. The summed E-state index contributed by atoms with van der Waals surface area (Å²) in [5, 5.41) is 0. The van der Waals surface area contributed by atoms with Gasteiger partial charge < -0.3 is 15.4 Å². The van der Waals surface area contributed by atoms with E-state index in [1.807, 2.05) is 0 Å². The summed E-state index contributed by atoms with van der Waals surface area (Å²) in [7, 11) is 0. The number of ether oxygens (including phenoxy) is 1. The van der Waals surface area contributed by atoms with Crippen molar-refractivity contribution in [3.05, 3.63) is 118 Å². The van der Waals surface area contributed by atoms with Gasteiger partial charge in [-0.1, -0.05) is 18.2 Å². The number of carbonyl (C=O) groups is 1. The average molecular weight is 638 g/mol. The Morgan fingerprint density at radius 1 is 0.913 bits per heavy atom. The van der Waals surface area contributed by atoms with Crippen molar-refractivity contribution in [1.82, 2.24) is 14.9 Å². The van der Waals surface area contributed by atoms with Crippen LogP contribution in [0.15, 0.2) is 65.9 Å². The van der Waals surface area contributed by atoms with Gasteiger partial charge in [-0.15, -0.1) is 0 Å². The fraction of sp³-hybridized carbons (Fsp3) is 0.212. The molecule has 0 aliphatic carbocycles. The smallest absolute Gasteiger partial charge is 0.246 e. The first-order valence-electron chi connectivity index (χ1n) is 14.3. The van der Waals surface area contributed by atoms with E-state index >= 15 is 4.39 Å². The van der Waals surface area contributed by atoms with Crippen molar-refractivity contribution in [2.45, 2.75) is 18.8 Å². The predicted molar refractivity (Wildman–Crippen MR) is 157 cm³/mol. The Bertz CT molecular complexity index is 1870. The largest absolute Gasteiger partial charge is 0.451 e. The number of nitrogens with two attached hydrogens (primary N) is 1. The van der Waals surface area contributed by atoms with Gasteiger partial charge in [-0.2, -0.15) is 8.78 Å². The van der Waals surface area contributed by atoms with Crippen LogP contribution < -0.4 is 10.5 Å². The lowest BCUT2D eigenvalue weighted by molar-refractivity contribution is -0.125. The third-order valence-electron chi connectivity index (χ3n) is 8.11. The van der Waals surface area contributed by atoms with Gasteiger partial charge in [-0.25, -0.2) is 27.5 Å². The maximum Gasteiger partial charge on any atom is 0.246 e. The van der Waals surface area contributed by atoms with Gasteiger partial charge in [0, 0.05) is 54.9 Å². The molecule has 0 radical (unpaired) electrons. The average Bonchev–Trinajstić information content (AvgIpc) is 3.44. The second-order valence-corrected chi connectivity index (χ2v) is 10.9. The lowest BCUT2D eigenvalue weighted by Gasteiger charge is -2.24. The minimum Gasteiger partial charge on any atom is -0.451 e. The molecule has 1 unspecified atom stereocenters. The second kappa shape index (κ2) is 12.7. The number of aliphatic imine (C=N–C) groups is 1. The topological polar surface area (TPSA) is 93.7 Å². The normalized spacial score (nSPS) is 18.0. The summed E-state index contributed by atoms with van der Waals surface area (Å²) >= 11 is 0. The highest BCUT2D eigenvalue weighted by atomic mass is 19.2. The van der Waals surface area contributed by atoms with E-state index in [1.54, 1.807) is 23.1 Å². The van der Waals surface area contributed by atoms with Gasteiger partial charge in [-0.05, 0) is 43.0 Å². The van der Waals surface area contributed by atoms with Crippen molar-refractivity contribution in [3.8, 4) is 11.5 Å². The molecule has 1 aromatic heterocycles. The highest BCUT2D eigenvalue weighted by molar-refractivity contribution is 6.16. The molecule has 236 valence electrons. The lowest BCUT2D eigenvalue weighted by Crippen LogP contribution is -2.28. The van der Waals surface area contributed by atoms with Gasteiger partial charge in [0.15, 0.2) is 11.6 Å². The zero-order valence-electron chi connectivity index (χ0n) is 24.0. The van der Waals surface area contributed by atoms with E-state index in [0.717, 1.165) is 6.07 Å². The Kier molecular flexibility index (Phi) is 8.48. The molecule has 2 aliphatic heterocycles. The SMILES string of the molecule is Nc1ncnc2c1C(c1ccc(Oc3c(F)c(F)cc(F)c3F)cc1F)=NCCC2[C@@H]1CCN(C(=O)/C=C/c2ccccc2F)C1. The Morgan fingerprint density at radius 2 is 1.67 bits per heavy atom. The zero-order chi connectivity index (χ0) is 32.5. The molecule has 46 heavy (non-hydrogen) atoms. The molecular formula is C33H25F6N5O2. The van der Waals surface area contributed by atoms with Crippen LogP contribution in [0.4, 0.5) is 32.2 Å². The number of benzene rings is 3. The minimum atomic E-state index is -1.77. The zero-order valence-corrected chi connectivity index (χ0v) is 24.0. The summed E-state index contributed by atoms with van der Waals surface area (Å²) in [6.45, 7) is 1.12. The monoisotopic (exact) mass is 637 g/mol. The first-order valence-corrected chi connectivity index (χ1v) is 14.3. The van der Waals surface area contributed by atoms with Crippen LogP contribution in [0.2, 0.25) is 0 Å². The molecular weight excluding hydrogens is 612 g/mol. The summed E-state index contributed by atoms with van der Waals surface area (Å²) in [5.41, 5.74) is 7.54. The van der Waals surface area contributed by atoms with E-state index in [1.165, 1.54) is 36.7 Å². The van der Waals surface area contributed by atoms with Gasteiger partial charge >= 0.3 is 0 Å². The Morgan fingerprint density at radius 3 is 2.41 bits per heavy atom. The minimum absolute atomic E-state index is 0.0366. The number of nitrogen functional groups attached to an aromatic ring is 1. The summed E-state index contributed by atoms with van der Waals surface area (Å²) in [4.78, 5) is 27.8. The molecule has 1 saturated heterocycles. The second-order valence-electron chi connectivity index (χ2n) is 10.9. The van der Waals surface area contributed by atoms with E-state index < -0.39 is 46.4 Å². The molecule has 1 fully saturated rings. The molecule has 0 saturated carbocycles.